The lowest BCUT2D eigenvalue weighted by Gasteiger charge is -2.13. The van der Waals surface area contributed by atoms with Crippen molar-refractivity contribution in [3.8, 4) is 5.75 Å². The normalized spacial score (nSPS) is 13.4. The Bertz CT molecular complexity index is 1710. The number of hydrogen-bond donors (Lipinski definition) is 0. The van der Waals surface area contributed by atoms with Gasteiger partial charge in [0.2, 0.25) is 5.52 Å². The average molecular weight is 540 g/mol. The molecule has 4 aromatic rings. The molecule has 0 unspecified atom stereocenters. The Kier molecular flexibility index (Phi) is 7.11. The summed E-state index contributed by atoms with van der Waals surface area (Å²) in [5, 5.41) is 22.2. The Hall–Kier alpha value is -4.46. The van der Waals surface area contributed by atoms with Gasteiger partial charge in [0.1, 0.15) is 32.5 Å². The Morgan fingerprint density at radius 1 is 0.973 bits per heavy atom. The first-order valence-corrected chi connectivity index (χ1v) is 12.7. The van der Waals surface area contributed by atoms with Gasteiger partial charge in [-0.3, -0.25) is 20.2 Å². The highest BCUT2D eigenvalue weighted by Gasteiger charge is 2.20. The Morgan fingerprint density at radius 2 is 1.68 bits per heavy atom. The van der Waals surface area contributed by atoms with Gasteiger partial charge in [-0.15, -0.1) is 0 Å². The number of aromatic nitrogens is 1. The number of nitrogens with zero attached hydrogens (tertiary/aromatic N) is 3. The Balaban J connectivity index is 0.000000209. The van der Waals surface area contributed by atoms with Gasteiger partial charge in [0, 0.05) is 35.9 Å². The van der Waals surface area contributed by atoms with Crippen molar-refractivity contribution in [1.82, 2.24) is 0 Å². The van der Waals surface area contributed by atoms with Crippen LogP contribution in [0.3, 0.4) is 0 Å². The minimum Gasteiger partial charge on any atom is -0.744 e. The number of thiazole rings is 1. The summed E-state index contributed by atoms with van der Waals surface area (Å²) in [5.41, 5.74) is 2.47. The largest absolute Gasteiger partial charge is 0.744 e. The number of benzene rings is 3. The number of fused-ring (bicyclic) bond motifs is 2. The molecule has 3 aromatic carbocycles. The van der Waals surface area contributed by atoms with Crippen LogP contribution in [0.4, 0.5) is 11.4 Å². The molecule has 0 bridgehead atoms. The number of ether oxygens (including phenoxy) is 1. The fourth-order valence-electron chi connectivity index (χ4n) is 3.56. The van der Waals surface area contributed by atoms with Crippen molar-refractivity contribution in [2.24, 2.45) is 7.05 Å². The number of hydrogen-bond acceptors (Lipinski definition) is 9. The Morgan fingerprint density at radius 3 is 2.35 bits per heavy atom. The lowest BCUT2D eigenvalue weighted by Crippen LogP contribution is -2.28. The SMILES string of the molecule is C[n+]1c(C=C2C=COc3ccccc32)sc2cc([N+](=O)[O-])ccc21.O=[N+]([O-])c1ccccc1S(=O)(=O)[O-]. The van der Waals surface area contributed by atoms with Crippen molar-refractivity contribution in [1.29, 1.82) is 0 Å². The predicted octanol–water partition coefficient (Wildman–Crippen LogP) is 4.58. The van der Waals surface area contributed by atoms with Gasteiger partial charge in [-0.25, -0.2) is 8.42 Å². The number of para-hydroxylation sites is 2. The molecule has 0 saturated heterocycles. The van der Waals surface area contributed by atoms with E-state index in [0.717, 1.165) is 44.2 Å². The van der Waals surface area contributed by atoms with E-state index in [0.29, 0.717) is 0 Å². The molecule has 11 nitrogen and oxygen atoms in total. The molecule has 0 radical (unpaired) electrons. The molecular weight excluding hydrogens is 522 g/mol. The molecule has 0 N–H and O–H groups in total. The lowest BCUT2D eigenvalue weighted by atomic mass is 10.0. The second-order valence-corrected chi connectivity index (χ2v) is 10.0. The molecule has 1 aliphatic heterocycles. The summed E-state index contributed by atoms with van der Waals surface area (Å²) >= 11 is 1.53. The highest BCUT2D eigenvalue weighted by Crippen LogP contribution is 2.33. The van der Waals surface area contributed by atoms with Gasteiger partial charge in [-0.2, -0.15) is 4.57 Å². The summed E-state index contributed by atoms with van der Waals surface area (Å²) < 4.78 is 40.0. The third-order valence-corrected chi connectivity index (χ3v) is 7.34. The molecule has 0 fully saturated rings. The second kappa shape index (κ2) is 10.3. The van der Waals surface area contributed by atoms with Gasteiger partial charge < -0.3 is 9.29 Å². The van der Waals surface area contributed by atoms with Gasteiger partial charge >= 0.3 is 0 Å². The van der Waals surface area contributed by atoms with E-state index in [9.17, 15) is 33.2 Å². The zero-order valence-electron chi connectivity index (χ0n) is 19.0. The van der Waals surface area contributed by atoms with E-state index in [-0.39, 0.29) is 10.6 Å². The van der Waals surface area contributed by atoms with Gasteiger partial charge in [0.05, 0.1) is 16.1 Å². The zero-order chi connectivity index (χ0) is 26.7. The van der Waals surface area contributed by atoms with E-state index >= 15 is 0 Å². The number of allylic oxidation sites excluding steroid dienone is 2. The van der Waals surface area contributed by atoms with Crippen molar-refractivity contribution in [3.05, 3.63) is 110 Å². The molecular formula is C24H17N3O8S2. The highest BCUT2D eigenvalue weighted by molar-refractivity contribution is 7.85. The molecule has 1 aliphatic rings. The van der Waals surface area contributed by atoms with Crippen LogP contribution in [0.25, 0.3) is 21.9 Å². The summed E-state index contributed by atoms with van der Waals surface area (Å²) in [6, 6.07) is 17.2. The molecule has 0 saturated carbocycles. The van der Waals surface area contributed by atoms with Crippen LogP contribution in [-0.4, -0.2) is 22.8 Å². The van der Waals surface area contributed by atoms with Gasteiger partial charge in [-0.05, 0) is 23.8 Å². The third kappa shape index (κ3) is 5.53. The number of non-ortho nitro benzene ring substituents is 1. The van der Waals surface area contributed by atoms with Crippen LogP contribution >= 0.6 is 11.3 Å². The van der Waals surface area contributed by atoms with Crippen LogP contribution < -0.4 is 9.30 Å². The summed E-state index contributed by atoms with van der Waals surface area (Å²) in [6.07, 6.45) is 5.68. The molecule has 0 atom stereocenters. The monoisotopic (exact) mass is 539 g/mol. The van der Waals surface area contributed by atoms with Crippen molar-refractivity contribution in [2.45, 2.75) is 4.90 Å². The topological polar surface area (TPSA) is 157 Å². The van der Waals surface area contributed by atoms with E-state index in [1.165, 1.54) is 29.5 Å². The molecule has 1 aromatic heterocycles. The molecule has 0 aliphatic carbocycles. The van der Waals surface area contributed by atoms with Crippen molar-refractivity contribution >= 4 is 54.7 Å². The van der Waals surface area contributed by atoms with Crippen LogP contribution in [0, 0.1) is 20.2 Å². The summed E-state index contributed by atoms with van der Waals surface area (Å²) in [7, 11) is -2.81. The highest BCUT2D eigenvalue weighted by atomic mass is 32.2. The average Bonchev–Trinajstić information content (AvgIpc) is 3.18. The maximum atomic E-state index is 11.0. The van der Waals surface area contributed by atoms with Crippen molar-refractivity contribution in [2.75, 3.05) is 0 Å². The maximum absolute atomic E-state index is 11.0. The van der Waals surface area contributed by atoms with Gasteiger partial charge in [0.25, 0.3) is 16.4 Å². The van der Waals surface area contributed by atoms with E-state index in [1.54, 1.807) is 18.4 Å². The maximum Gasteiger partial charge on any atom is 0.286 e. The molecule has 0 spiro atoms. The summed E-state index contributed by atoms with van der Waals surface area (Å²) in [5.74, 6) is 0.825. The number of aryl methyl sites for hydroxylation is 1. The standard InChI is InChI=1S/C18H13N2O3S.C6H5NO5S/c1-19-15-7-6-13(20(21)22)11-17(15)24-18(19)10-12-8-9-23-16-5-3-2-4-14(12)16;8-7(9)5-3-1-2-4-6(5)13(10,11)12/h2-11H,1H3;1-4H,(H,10,11,12)/q+1;/p-1. The van der Waals surface area contributed by atoms with Crippen molar-refractivity contribution < 1.29 is 32.1 Å². The lowest BCUT2D eigenvalue weighted by molar-refractivity contribution is -0.642. The van der Waals surface area contributed by atoms with Gasteiger partial charge in [0.15, 0.2) is 0 Å². The minimum absolute atomic E-state index is 0.111. The van der Waals surface area contributed by atoms with Crippen molar-refractivity contribution in [3.63, 3.8) is 0 Å². The molecule has 5 rings (SSSR count). The second-order valence-electron chi connectivity index (χ2n) is 7.60. The number of nitro benzene ring substituents is 2. The van der Waals surface area contributed by atoms with Gasteiger partial charge in [-0.1, -0.05) is 41.7 Å². The van der Waals surface area contributed by atoms with E-state index in [1.807, 2.05) is 42.0 Å². The molecule has 2 heterocycles. The van der Waals surface area contributed by atoms with E-state index in [4.69, 9.17) is 4.74 Å². The minimum atomic E-state index is -4.77. The predicted molar refractivity (Wildman–Crippen MR) is 135 cm³/mol. The van der Waals surface area contributed by atoms with Crippen LogP contribution in [0.15, 0.2) is 84.0 Å². The summed E-state index contributed by atoms with van der Waals surface area (Å²) in [6.45, 7) is 0. The van der Waals surface area contributed by atoms with E-state index in [2.05, 4.69) is 6.08 Å². The molecule has 13 heteroatoms. The molecule has 188 valence electrons. The number of nitro groups is 2. The first kappa shape index (κ1) is 25.6. The van der Waals surface area contributed by atoms with Crippen LogP contribution in [0.5, 0.6) is 5.75 Å². The molecule has 0 amide bonds. The fourth-order valence-corrected chi connectivity index (χ4v) is 5.34. The summed E-state index contributed by atoms with van der Waals surface area (Å²) in [4.78, 5) is 19.1. The smallest absolute Gasteiger partial charge is 0.286 e. The zero-order valence-corrected chi connectivity index (χ0v) is 20.6. The first-order valence-electron chi connectivity index (χ1n) is 10.5. The fraction of sp³-hybridized carbons (Fsp3) is 0.0417. The van der Waals surface area contributed by atoms with E-state index < -0.39 is 25.6 Å². The molecule has 37 heavy (non-hydrogen) atoms. The first-order chi connectivity index (χ1) is 17.6. The third-order valence-electron chi connectivity index (χ3n) is 5.31. The van der Waals surface area contributed by atoms with Crippen LogP contribution in [0.1, 0.15) is 10.6 Å². The Labute approximate surface area is 214 Å². The quantitative estimate of drug-likeness (QED) is 0.158. The van der Waals surface area contributed by atoms with Crippen LogP contribution in [-0.2, 0) is 17.2 Å². The van der Waals surface area contributed by atoms with Crippen LogP contribution in [0.2, 0.25) is 0 Å². The number of rotatable bonds is 4.